The van der Waals surface area contributed by atoms with E-state index in [2.05, 4.69) is 22.8 Å². The first-order valence-electron chi connectivity index (χ1n) is 7.73. The first-order valence-corrected chi connectivity index (χ1v) is 7.73. The Kier molecular flexibility index (Phi) is 4.29. The highest BCUT2D eigenvalue weighted by Gasteiger charge is 2.20. The summed E-state index contributed by atoms with van der Waals surface area (Å²) in [5.41, 5.74) is 2.78. The number of hydrogen-bond acceptors (Lipinski definition) is 3. The van der Waals surface area contributed by atoms with Gasteiger partial charge in [0.05, 0.1) is 6.54 Å². The molecule has 5 heteroatoms. The van der Waals surface area contributed by atoms with E-state index in [4.69, 9.17) is 4.74 Å². The lowest BCUT2D eigenvalue weighted by Crippen LogP contribution is -2.31. The molecule has 0 spiro atoms. The van der Waals surface area contributed by atoms with Gasteiger partial charge in [-0.3, -0.25) is 0 Å². The third kappa shape index (κ3) is 3.13. The van der Waals surface area contributed by atoms with Gasteiger partial charge in [-0.1, -0.05) is 6.07 Å². The minimum absolute atomic E-state index is 0.0132. The van der Waals surface area contributed by atoms with Gasteiger partial charge < -0.3 is 20.3 Å². The van der Waals surface area contributed by atoms with Gasteiger partial charge in [-0.2, -0.15) is 0 Å². The fraction of sp³-hybridized carbons (Fsp3) is 0.562. The number of fused-ring (bicyclic) bond motifs is 1. The third-order valence-electron chi connectivity index (χ3n) is 4.36. The molecule has 1 aliphatic heterocycles. The van der Waals surface area contributed by atoms with Crippen LogP contribution in [0.25, 0.3) is 0 Å². The number of amides is 2. The zero-order chi connectivity index (χ0) is 14.7. The molecule has 1 aliphatic carbocycles. The summed E-state index contributed by atoms with van der Waals surface area (Å²) in [6.07, 6.45) is 3.57. The summed E-state index contributed by atoms with van der Waals surface area (Å²) < 4.78 is 5.83. The largest absolute Gasteiger partial charge is 0.492 e. The van der Waals surface area contributed by atoms with Crippen LogP contribution >= 0.6 is 0 Å². The van der Waals surface area contributed by atoms with E-state index in [0.29, 0.717) is 19.2 Å². The third-order valence-corrected chi connectivity index (χ3v) is 4.36. The predicted octanol–water partition coefficient (Wildman–Crippen LogP) is 1.69. The van der Waals surface area contributed by atoms with Crippen molar-refractivity contribution >= 4 is 6.03 Å². The molecule has 1 saturated heterocycles. The smallest absolute Gasteiger partial charge is 0.317 e. The fourth-order valence-electron chi connectivity index (χ4n) is 3.17. The predicted molar refractivity (Wildman–Crippen MR) is 81.6 cm³/mol. The summed E-state index contributed by atoms with van der Waals surface area (Å²) in [6, 6.07) is 6.82. The lowest BCUT2D eigenvalue weighted by molar-refractivity contribution is 0.202. The molecule has 1 fully saturated rings. The number of urea groups is 1. The van der Waals surface area contributed by atoms with Gasteiger partial charge >= 0.3 is 6.03 Å². The van der Waals surface area contributed by atoms with Gasteiger partial charge in [0.1, 0.15) is 12.4 Å². The Labute approximate surface area is 125 Å². The van der Waals surface area contributed by atoms with Crippen molar-refractivity contribution in [2.24, 2.45) is 0 Å². The van der Waals surface area contributed by atoms with Crippen LogP contribution in [-0.4, -0.2) is 44.2 Å². The highest BCUT2D eigenvalue weighted by atomic mass is 16.5. The SMILES string of the molecule is CNC1CCCc2ccc(OCCN3CCNC3=O)cc21. The molecular weight excluding hydrogens is 266 g/mol. The van der Waals surface area contributed by atoms with Crippen molar-refractivity contribution in [3.8, 4) is 5.75 Å². The zero-order valence-electron chi connectivity index (χ0n) is 12.5. The Balaban J connectivity index is 1.60. The van der Waals surface area contributed by atoms with Crippen LogP contribution in [0.4, 0.5) is 4.79 Å². The minimum atomic E-state index is 0.0132. The number of carbonyl (C=O) groups is 1. The zero-order valence-corrected chi connectivity index (χ0v) is 12.5. The van der Waals surface area contributed by atoms with Gasteiger partial charge in [0.25, 0.3) is 0 Å². The molecule has 0 bridgehead atoms. The standard InChI is InChI=1S/C16H23N3O2/c1-17-15-4-2-3-12-5-6-13(11-14(12)15)21-10-9-19-8-7-18-16(19)20/h5-6,11,15,17H,2-4,7-10H2,1H3,(H,18,20). The Morgan fingerprint density at radius 2 is 2.38 bits per heavy atom. The van der Waals surface area contributed by atoms with Crippen molar-refractivity contribution in [1.82, 2.24) is 15.5 Å². The van der Waals surface area contributed by atoms with E-state index in [1.165, 1.54) is 24.0 Å². The van der Waals surface area contributed by atoms with E-state index < -0.39 is 0 Å². The van der Waals surface area contributed by atoms with Crippen molar-refractivity contribution in [1.29, 1.82) is 0 Å². The molecule has 5 nitrogen and oxygen atoms in total. The molecule has 114 valence electrons. The van der Waals surface area contributed by atoms with Gasteiger partial charge in [-0.25, -0.2) is 4.79 Å². The molecular formula is C16H23N3O2. The quantitative estimate of drug-likeness (QED) is 0.867. The molecule has 0 aromatic heterocycles. The van der Waals surface area contributed by atoms with E-state index in [9.17, 15) is 4.79 Å². The maximum absolute atomic E-state index is 11.4. The number of aryl methyl sites for hydroxylation is 1. The molecule has 21 heavy (non-hydrogen) atoms. The molecule has 2 amide bonds. The van der Waals surface area contributed by atoms with E-state index in [-0.39, 0.29) is 6.03 Å². The molecule has 1 aromatic carbocycles. The van der Waals surface area contributed by atoms with Gasteiger partial charge in [0.15, 0.2) is 0 Å². The molecule has 1 atom stereocenters. The number of nitrogens with one attached hydrogen (secondary N) is 2. The van der Waals surface area contributed by atoms with Crippen molar-refractivity contribution in [3.05, 3.63) is 29.3 Å². The summed E-state index contributed by atoms with van der Waals surface area (Å²) in [6.45, 7) is 2.69. The summed E-state index contributed by atoms with van der Waals surface area (Å²) in [5.74, 6) is 0.899. The molecule has 1 unspecified atom stereocenters. The molecule has 3 rings (SSSR count). The molecule has 2 N–H and O–H groups in total. The summed E-state index contributed by atoms with van der Waals surface area (Å²) >= 11 is 0. The van der Waals surface area contributed by atoms with Crippen LogP contribution in [0, 0.1) is 0 Å². The van der Waals surface area contributed by atoms with E-state index in [1.54, 1.807) is 4.90 Å². The van der Waals surface area contributed by atoms with Gasteiger partial charge in [0.2, 0.25) is 0 Å². The van der Waals surface area contributed by atoms with Crippen LogP contribution in [0.1, 0.15) is 30.0 Å². The molecule has 0 saturated carbocycles. The highest BCUT2D eigenvalue weighted by Crippen LogP contribution is 2.32. The molecule has 2 aliphatic rings. The second-order valence-corrected chi connectivity index (χ2v) is 5.66. The van der Waals surface area contributed by atoms with Crippen LogP contribution < -0.4 is 15.4 Å². The Bertz CT molecular complexity index is 518. The van der Waals surface area contributed by atoms with Crippen LogP contribution in [-0.2, 0) is 6.42 Å². The molecule has 1 heterocycles. The number of rotatable bonds is 5. The van der Waals surface area contributed by atoms with Crippen molar-refractivity contribution in [3.63, 3.8) is 0 Å². The Morgan fingerprint density at radius 1 is 1.48 bits per heavy atom. The summed E-state index contributed by atoms with van der Waals surface area (Å²) in [7, 11) is 2.01. The topological polar surface area (TPSA) is 53.6 Å². The average Bonchev–Trinajstić information content (AvgIpc) is 2.92. The lowest BCUT2D eigenvalue weighted by Gasteiger charge is -2.25. The first-order chi connectivity index (χ1) is 10.3. The highest BCUT2D eigenvalue weighted by molar-refractivity contribution is 5.76. The first kappa shape index (κ1) is 14.2. The Hall–Kier alpha value is -1.75. The van der Waals surface area contributed by atoms with Gasteiger partial charge in [-0.15, -0.1) is 0 Å². The number of carbonyl (C=O) groups excluding carboxylic acids is 1. The maximum atomic E-state index is 11.4. The number of hydrogen-bond donors (Lipinski definition) is 2. The van der Waals surface area contributed by atoms with Gasteiger partial charge in [-0.05, 0) is 49.6 Å². The van der Waals surface area contributed by atoms with Crippen LogP contribution in [0.5, 0.6) is 5.75 Å². The monoisotopic (exact) mass is 289 g/mol. The number of benzene rings is 1. The van der Waals surface area contributed by atoms with Crippen molar-refractivity contribution in [2.75, 3.05) is 33.3 Å². The van der Waals surface area contributed by atoms with Gasteiger partial charge in [0, 0.05) is 19.1 Å². The van der Waals surface area contributed by atoms with E-state index in [1.807, 2.05) is 13.1 Å². The number of nitrogens with zero attached hydrogens (tertiary/aromatic N) is 1. The normalized spacial score (nSPS) is 21.1. The molecule has 1 aromatic rings. The van der Waals surface area contributed by atoms with Crippen molar-refractivity contribution < 1.29 is 9.53 Å². The van der Waals surface area contributed by atoms with Crippen LogP contribution in [0.2, 0.25) is 0 Å². The van der Waals surface area contributed by atoms with E-state index >= 15 is 0 Å². The maximum Gasteiger partial charge on any atom is 0.317 e. The average molecular weight is 289 g/mol. The minimum Gasteiger partial charge on any atom is -0.492 e. The molecule has 0 radical (unpaired) electrons. The second kappa shape index (κ2) is 6.35. The van der Waals surface area contributed by atoms with Crippen LogP contribution in [0.15, 0.2) is 18.2 Å². The Morgan fingerprint density at radius 3 is 3.14 bits per heavy atom. The summed E-state index contributed by atoms with van der Waals surface area (Å²) in [5, 5.41) is 6.17. The second-order valence-electron chi connectivity index (χ2n) is 5.66. The summed E-state index contributed by atoms with van der Waals surface area (Å²) in [4.78, 5) is 13.2. The van der Waals surface area contributed by atoms with E-state index in [0.717, 1.165) is 25.3 Å². The fourth-order valence-corrected chi connectivity index (χ4v) is 3.17. The van der Waals surface area contributed by atoms with Crippen LogP contribution in [0.3, 0.4) is 0 Å². The number of ether oxygens (including phenoxy) is 1. The van der Waals surface area contributed by atoms with Crippen molar-refractivity contribution in [2.45, 2.75) is 25.3 Å². The lowest BCUT2D eigenvalue weighted by atomic mass is 9.87.